The van der Waals surface area contributed by atoms with Crippen LogP contribution in [0.5, 0.6) is 0 Å². The van der Waals surface area contributed by atoms with Crippen LogP contribution in [0.2, 0.25) is 5.15 Å². The number of furan rings is 1. The minimum atomic E-state index is -0.544. The fourth-order valence-corrected chi connectivity index (χ4v) is 4.75. The number of carbonyl (C=O) groups is 3. The summed E-state index contributed by atoms with van der Waals surface area (Å²) < 4.78 is 11.0. The fourth-order valence-electron chi connectivity index (χ4n) is 4.63. The van der Waals surface area contributed by atoms with Crippen molar-refractivity contribution in [3.8, 4) is 0 Å². The first-order valence-corrected chi connectivity index (χ1v) is 11.9. The highest BCUT2D eigenvalue weighted by Crippen LogP contribution is 2.33. The number of nitrogens with zero attached hydrogens (tertiary/aromatic N) is 3. The molecule has 2 N–H and O–H groups in total. The molecule has 182 valence electrons. The molecular formula is C24H24ClN5O5. The molecule has 0 radical (unpaired) electrons. The summed E-state index contributed by atoms with van der Waals surface area (Å²) in [5, 5.41) is 5.90. The summed E-state index contributed by atoms with van der Waals surface area (Å²) in [4.78, 5) is 48.5. The Morgan fingerprint density at radius 2 is 1.91 bits per heavy atom. The Hall–Kier alpha value is -3.50. The van der Waals surface area contributed by atoms with Gasteiger partial charge in [0, 0.05) is 24.7 Å². The highest BCUT2D eigenvalue weighted by Gasteiger charge is 2.34. The molecule has 5 rings (SSSR count). The van der Waals surface area contributed by atoms with E-state index < -0.39 is 5.91 Å². The number of rotatable bonds is 5. The van der Waals surface area contributed by atoms with Crippen molar-refractivity contribution in [3.05, 3.63) is 47.6 Å². The van der Waals surface area contributed by atoms with E-state index >= 15 is 0 Å². The zero-order chi connectivity index (χ0) is 24.4. The maximum Gasteiger partial charge on any atom is 0.293 e. The van der Waals surface area contributed by atoms with Gasteiger partial charge in [-0.1, -0.05) is 11.6 Å². The summed E-state index contributed by atoms with van der Waals surface area (Å²) in [6.45, 7) is 1.26. The molecule has 0 aromatic carbocycles. The molecule has 3 aromatic rings. The van der Waals surface area contributed by atoms with Crippen LogP contribution in [0.3, 0.4) is 0 Å². The van der Waals surface area contributed by atoms with Gasteiger partial charge in [-0.15, -0.1) is 0 Å². The average Bonchev–Trinajstić information content (AvgIpc) is 3.24. The van der Waals surface area contributed by atoms with Crippen LogP contribution in [-0.4, -0.2) is 58.4 Å². The molecule has 1 saturated heterocycles. The molecule has 11 heteroatoms. The molecule has 1 aliphatic carbocycles. The van der Waals surface area contributed by atoms with Gasteiger partial charge in [0.2, 0.25) is 17.6 Å². The van der Waals surface area contributed by atoms with Crippen molar-refractivity contribution in [1.29, 1.82) is 0 Å². The van der Waals surface area contributed by atoms with E-state index in [0.717, 1.165) is 12.8 Å². The molecule has 2 aliphatic rings. The van der Waals surface area contributed by atoms with E-state index in [1.807, 2.05) is 4.90 Å². The summed E-state index contributed by atoms with van der Waals surface area (Å²) in [5.74, 6) is -1.03. The van der Waals surface area contributed by atoms with Crippen LogP contribution in [0, 0.1) is 5.92 Å². The van der Waals surface area contributed by atoms with Gasteiger partial charge in [-0.25, -0.2) is 4.98 Å². The quantitative estimate of drug-likeness (QED) is 0.516. The van der Waals surface area contributed by atoms with Crippen molar-refractivity contribution in [2.75, 3.05) is 30.4 Å². The third-order valence-electron chi connectivity index (χ3n) is 6.42. The Bertz CT molecular complexity index is 1250. The summed E-state index contributed by atoms with van der Waals surface area (Å²) in [6, 6.07) is 6.67. The van der Waals surface area contributed by atoms with Gasteiger partial charge in [-0.05, 0) is 49.9 Å². The van der Waals surface area contributed by atoms with Crippen LogP contribution < -0.4 is 10.6 Å². The lowest BCUT2D eigenvalue weighted by Gasteiger charge is -2.38. The van der Waals surface area contributed by atoms with Gasteiger partial charge < -0.3 is 24.7 Å². The van der Waals surface area contributed by atoms with Crippen LogP contribution in [0.15, 0.2) is 41.1 Å². The molecule has 3 aromatic heterocycles. The van der Waals surface area contributed by atoms with Crippen LogP contribution >= 0.6 is 11.6 Å². The highest BCUT2D eigenvalue weighted by atomic mass is 35.5. The maximum absolute atomic E-state index is 13.2. The average molecular weight is 498 g/mol. The monoisotopic (exact) mass is 497 g/mol. The third kappa shape index (κ3) is 4.98. The van der Waals surface area contributed by atoms with E-state index in [-0.39, 0.29) is 41.8 Å². The molecule has 0 unspecified atom stereocenters. The van der Waals surface area contributed by atoms with E-state index in [2.05, 4.69) is 20.6 Å². The largest absolute Gasteiger partial charge is 0.447 e. The molecule has 2 fully saturated rings. The molecular weight excluding hydrogens is 474 g/mol. The van der Waals surface area contributed by atoms with Gasteiger partial charge in [-0.3, -0.25) is 19.4 Å². The first kappa shape index (κ1) is 23.3. The minimum Gasteiger partial charge on any atom is -0.447 e. The number of halogens is 1. The van der Waals surface area contributed by atoms with Crippen molar-refractivity contribution in [1.82, 2.24) is 14.9 Å². The molecule has 10 nitrogen and oxygen atoms in total. The number of amides is 3. The minimum absolute atomic E-state index is 0.00614. The van der Waals surface area contributed by atoms with Gasteiger partial charge in [0.25, 0.3) is 5.91 Å². The predicted octanol–water partition coefficient (Wildman–Crippen LogP) is 3.48. The fraction of sp³-hybridized carbons (Fsp3) is 0.375. The first-order valence-electron chi connectivity index (χ1n) is 11.5. The number of pyridine rings is 2. The number of hydrogen-bond acceptors (Lipinski definition) is 7. The lowest BCUT2D eigenvalue weighted by Crippen LogP contribution is -2.49. The molecule has 35 heavy (non-hydrogen) atoms. The summed E-state index contributed by atoms with van der Waals surface area (Å²) in [6.07, 6.45) is 5.76. The van der Waals surface area contributed by atoms with Crippen LogP contribution in [0.25, 0.3) is 11.1 Å². The zero-order valence-corrected chi connectivity index (χ0v) is 19.6. The number of nitrogens with one attached hydrogen (secondary N) is 2. The van der Waals surface area contributed by atoms with Gasteiger partial charge >= 0.3 is 0 Å². The van der Waals surface area contributed by atoms with Gasteiger partial charge in [0.15, 0.2) is 5.58 Å². The maximum atomic E-state index is 13.2. The Morgan fingerprint density at radius 3 is 2.66 bits per heavy atom. The zero-order valence-electron chi connectivity index (χ0n) is 18.8. The SMILES string of the molecule is O=C(Nc1ccc(Cl)nc1)c1oc2cccnc2c1NC(=O)C1CCC(N2CCOCC2=O)CC1. The number of fused-ring (bicyclic) bond motifs is 1. The van der Waals surface area contributed by atoms with E-state index in [0.29, 0.717) is 47.9 Å². The third-order valence-corrected chi connectivity index (χ3v) is 6.64. The second-order valence-electron chi connectivity index (χ2n) is 8.61. The van der Waals surface area contributed by atoms with Gasteiger partial charge in [0.05, 0.1) is 18.5 Å². The second kappa shape index (κ2) is 10.0. The number of ether oxygens (including phenoxy) is 1. The Labute approximate surface area is 206 Å². The second-order valence-corrected chi connectivity index (χ2v) is 9.00. The topological polar surface area (TPSA) is 127 Å². The number of anilines is 2. The van der Waals surface area contributed by atoms with Crippen molar-refractivity contribution >= 4 is 51.8 Å². The van der Waals surface area contributed by atoms with E-state index in [1.165, 1.54) is 6.20 Å². The van der Waals surface area contributed by atoms with Crippen LogP contribution in [0.4, 0.5) is 11.4 Å². The van der Waals surface area contributed by atoms with Crippen molar-refractivity contribution in [3.63, 3.8) is 0 Å². The van der Waals surface area contributed by atoms with Crippen molar-refractivity contribution < 1.29 is 23.5 Å². The number of aromatic nitrogens is 2. The van der Waals surface area contributed by atoms with Crippen molar-refractivity contribution in [2.45, 2.75) is 31.7 Å². The first-order chi connectivity index (χ1) is 17.0. The summed E-state index contributed by atoms with van der Waals surface area (Å²) >= 11 is 5.81. The number of carbonyl (C=O) groups excluding carboxylic acids is 3. The molecule has 0 spiro atoms. The van der Waals surface area contributed by atoms with E-state index in [9.17, 15) is 14.4 Å². The molecule has 1 saturated carbocycles. The lowest BCUT2D eigenvalue weighted by atomic mass is 9.84. The Kier molecular flexibility index (Phi) is 6.65. The lowest BCUT2D eigenvalue weighted by molar-refractivity contribution is -0.146. The van der Waals surface area contributed by atoms with E-state index in [1.54, 1.807) is 30.5 Å². The molecule has 3 amide bonds. The van der Waals surface area contributed by atoms with E-state index in [4.69, 9.17) is 20.8 Å². The Morgan fingerprint density at radius 1 is 1.09 bits per heavy atom. The Balaban J connectivity index is 1.30. The molecule has 0 atom stereocenters. The summed E-state index contributed by atoms with van der Waals surface area (Å²) in [5.41, 5.74) is 1.45. The normalized spacial score (nSPS) is 20.6. The number of hydrogen-bond donors (Lipinski definition) is 2. The smallest absolute Gasteiger partial charge is 0.293 e. The molecule has 1 aliphatic heterocycles. The van der Waals surface area contributed by atoms with Crippen LogP contribution in [0.1, 0.15) is 36.2 Å². The van der Waals surface area contributed by atoms with Gasteiger partial charge in [-0.2, -0.15) is 0 Å². The standard InChI is InChI=1S/C24H24ClN5O5/c25-18-8-5-15(12-27-18)28-24(33)22-21(20-17(35-22)2-1-9-26-20)29-23(32)14-3-6-16(7-4-14)30-10-11-34-13-19(30)31/h1-2,5,8-9,12,14,16H,3-4,6-7,10-11,13H2,(H,28,33)(H,29,32). The highest BCUT2D eigenvalue weighted by molar-refractivity contribution is 6.29. The molecule has 4 heterocycles. The molecule has 0 bridgehead atoms. The predicted molar refractivity (Wildman–Crippen MR) is 128 cm³/mol. The van der Waals surface area contributed by atoms with Gasteiger partial charge in [0.1, 0.15) is 23.0 Å². The summed E-state index contributed by atoms with van der Waals surface area (Å²) in [7, 11) is 0. The van der Waals surface area contributed by atoms with Crippen LogP contribution in [-0.2, 0) is 14.3 Å². The van der Waals surface area contributed by atoms with Crippen molar-refractivity contribution in [2.24, 2.45) is 5.92 Å². The number of morpholine rings is 1.